The normalized spacial score (nSPS) is 13.6. The number of aromatic hydroxyl groups is 4. The van der Waals surface area contributed by atoms with Gasteiger partial charge in [-0.3, -0.25) is 0 Å². The fourth-order valence-electron chi connectivity index (χ4n) is 6.72. The van der Waals surface area contributed by atoms with E-state index >= 15 is 0 Å². The van der Waals surface area contributed by atoms with Crippen molar-refractivity contribution < 1.29 is 59.8 Å². The largest absolute Gasteiger partial charge is 0.504 e. The molecule has 8 N–H and O–H groups in total. The molecule has 0 aliphatic rings. The summed E-state index contributed by atoms with van der Waals surface area (Å²) in [6.07, 6.45) is 1.35. The minimum atomic E-state index is -0.421. The molecule has 4 unspecified atom stereocenters. The van der Waals surface area contributed by atoms with Crippen LogP contribution in [0.4, 0.5) is 0 Å². The number of aliphatic hydroxyl groups excluding tert-OH is 4. The number of hydrogen-bond acceptors (Lipinski definition) is 12. The summed E-state index contributed by atoms with van der Waals surface area (Å²) in [5.74, 6) is -1.20. The number of methoxy groups -OCH3 is 4. The molecule has 0 radical (unpaired) electrons. The molecule has 0 heterocycles. The molecule has 4 rings (SSSR count). The first kappa shape index (κ1) is 39.9. The second kappa shape index (κ2) is 18.6. The van der Waals surface area contributed by atoms with Crippen molar-refractivity contribution in [1.29, 1.82) is 0 Å². The molecule has 0 bridgehead atoms. The highest BCUT2D eigenvalue weighted by atomic mass is 16.5. The van der Waals surface area contributed by atoms with Crippen LogP contribution in [0, 0.1) is 23.7 Å². The Morgan fingerprint density at radius 2 is 0.692 bits per heavy atom. The highest BCUT2D eigenvalue weighted by Crippen LogP contribution is 2.46. The second-order valence-electron chi connectivity index (χ2n) is 13.0. The molecule has 4 aromatic carbocycles. The monoisotopic (exact) mass is 722 g/mol. The van der Waals surface area contributed by atoms with Gasteiger partial charge in [0.05, 0.1) is 28.4 Å². The molecule has 4 atom stereocenters. The first-order chi connectivity index (χ1) is 25.0. The van der Waals surface area contributed by atoms with Crippen LogP contribution in [0.2, 0.25) is 0 Å². The Morgan fingerprint density at radius 1 is 0.404 bits per heavy atom. The van der Waals surface area contributed by atoms with Crippen LogP contribution in [-0.4, -0.2) is 95.7 Å². The molecule has 12 heteroatoms. The van der Waals surface area contributed by atoms with E-state index in [0.29, 0.717) is 35.5 Å². The molecule has 282 valence electrons. The molecule has 0 aromatic heterocycles. The highest BCUT2D eigenvalue weighted by molar-refractivity contribution is 5.81. The lowest BCUT2D eigenvalue weighted by Gasteiger charge is -2.26. The Bertz CT molecular complexity index is 1650. The predicted octanol–water partition coefficient (Wildman–Crippen LogP) is 4.21. The molecule has 12 nitrogen and oxygen atoms in total. The van der Waals surface area contributed by atoms with E-state index in [0.717, 1.165) is 11.1 Å². The lowest BCUT2D eigenvalue weighted by Crippen LogP contribution is -2.26. The van der Waals surface area contributed by atoms with Gasteiger partial charge in [0.25, 0.3) is 0 Å². The third-order valence-electron chi connectivity index (χ3n) is 9.75. The molecule has 52 heavy (non-hydrogen) atoms. The van der Waals surface area contributed by atoms with Crippen LogP contribution in [0.15, 0.2) is 60.7 Å². The van der Waals surface area contributed by atoms with Crippen molar-refractivity contribution in [2.24, 2.45) is 23.7 Å². The van der Waals surface area contributed by atoms with E-state index in [-0.39, 0.29) is 96.7 Å². The number of hydrogen-bond donors (Lipinski definition) is 8. The molecular weight excluding hydrogens is 672 g/mol. The smallest absolute Gasteiger partial charge is 0.165 e. The van der Waals surface area contributed by atoms with Crippen LogP contribution in [0.25, 0.3) is 11.1 Å². The average Bonchev–Trinajstić information content (AvgIpc) is 3.16. The lowest BCUT2D eigenvalue weighted by molar-refractivity contribution is 0.119. The molecule has 0 spiro atoms. The number of ether oxygens (including phenoxy) is 4. The standard InChI is InChI=1S/C40H50O12/c1-49-35-15-23(5-7-33(35)45)9-27(19-41)29(21-43)11-25-13-31(39(47)37(17-25)51-3)32-14-26(18-38(52-4)40(32)48)12-30(22-44)28(20-42)10-24-6-8-34(46)36(16-24)50-2/h5-8,13-18,27-30,41-48H,9-12,19-22H2,1-4H3. The van der Waals surface area contributed by atoms with E-state index in [1.807, 2.05) is 0 Å². The van der Waals surface area contributed by atoms with E-state index in [4.69, 9.17) is 18.9 Å². The molecule has 0 fully saturated rings. The summed E-state index contributed by atoms with van der Waals surface area (Å²) < 4.78 is 21.5. The zero-order valence-corrected chi connectivity index (χ0v) is 30.0. The molecular formula is C40H50O12. The third-order valence-corrected chi connectivity index (χ3v) is 9.75. The summed E-state index contributed by atoms with van der Waals surface area (Å²) in [7, 11) is 5.71. The van der Waals surface area contributed by atoms with Crippen molar-refractivity contribution >= 4 is 0 Å². The van der Waals surface area contributed by atoms with Gasteiger partial charge in [-0.1, -0.05) is 12.1 Å². The molecule has 4 aromatic rings. The van der Waals surface area contributed by atoms with E-state index in [9.17, 15) is 40.9 Å². The quantitative estimate of drug-likeness (QED) is 0.0687. The Morgan fingerprint density at radius 3 is 0.981 bits per heavy atom. The maximum Gasteiger partial charge on any atom is 0.165 e. The van der Waals surface area contributed by atoms with Gasteiger partial charge in [0.1, 0.15) is 0 Å². The van der Waals surface area contributed by atoms with Gasteiger partial charge in [-0.2, -0.15) is 0 Å². The minimum absolute atomic E-state index is 0.00611. The van der Waals surface area contributed by atoms with E-state index in [1.165, 1.54) is 40.6 Å². The molecule has 0 saturated carbocycles. The second-order valence-corrected chi connectivity index (χ2v) is 13.0. The van der Waals surface area contributed by atoms with Crippen LogP contribution in [0.1, 0.15) is 22.3 Å². The fourth-order valence-corrected chi connectivity index (χ4v) is 6.72. The highest BCUT2D eigenvalue weighted by Gasteiger charge is 2.27. The summed E-state index contributed by atoms with van der Waals surface area (Å²) in [6, 6.07) is 16.5. The average molecular weight is 723 g/mol. The van der Waals surface area contributed by atoms with Crippen molar-refractivity contribution in [3.8, 4) is 57.1 Å². The van der Waals surface area contributed by atoms with Gasteiger partial charge in [-0.15, -0.1) is 0 Å². The van der Waals surface area contributed by atoms with Gasteiger partial charge in [-0.05, 0) is 120 Å². The number of rotatable bonds is 19. The Hall–Kier alpha value is -4.88. The van der Waals surface area contributed by atoms with Crippen LogP contribution in [0.3, 0.4) is 0 Å². The summed E-state index contributed by atoms with van der Waals surface area (Å²) in [4.78, 5) is 0. The van der Waals surface area contributed by atoms with E-state index < -0.39 is 11.8 Å². The topological polar surface area (TPSA) is 199 Å². The van der Waals surface area contributed by atoms with E-state index in [1.54, 1.807) is 48.5 Å². The summed E-state index contributed by atoms with van der Waals surface area (Å²) in [5.41, 5.74) is 3.40. The number of benzene rings is 4. The van der Waals surface area contributed by atoms with E-state index in [2.05, 4.69) is 0 Å². The molecule has 0 saturated heterocycles. The van der Waals surface area contributed by atoms with Gasteiger partial charge in [0.2, 0.25) is 0 Å². The predicted molar refractivity (Wildman–Crippen MR) is 195 cm³/mol. The maximum absolute atomic E-state index is 11.3. The van der Waals surface area contributed by atoms with Crippen molar-refractivity contribution in [2.75, 3.05) is 54.9 Å². The summed E-state index contributed by atoms with van der Waals surface area (Å²) >= 11 is 0. The number of aliphatic hydroxyl groups is 4. The Labute approximate surface area is 303 Å². The van der Waals surface area contributed by atoms with Crippen LogP contribution in [0.5, 0.6) is 46.0 Å². The van der Waals surface area contributed by atoms with Gasteiger partial charge in [0, 0.05) is 37.6 Å². The van der Waals surface area contributed by atoms with Crippen molar-refractivity contribution in [3.63, 3.8) is 0 Å². The SMILES string of the molecule is COc1cc(CC(CO)C(CO)Cc2cc(OC)c(O)c(-c3cc(CC(CO)C(CO)Cc4ccc(O)c(OC)c4)cc(OC)c3O)c2)ccc1O. The van der Waals surface area contributed by atoms with Gasteiger partial charge in [0.15, 0.2) is 46.0 Å². The minimum Gasteiger partial charge on any atom is -0.504 e. The van der Waals surface area contributed by atoms with Crippen LogP contribution in [-0.2, 0) is 25.7 Å². The molecule has 0 aliphatic carbocycles. The summed E-state index contributed by atoms with van der Waals surface area (Å²) in [5, 5.41) is 84.3. The van der Waals surface area contributed by atoms with Crippen LogP contribution >= 0.6 is 0 Å². The number of phenols is 4. The Balaban J connectivity index is 1.67. The van der Waals surface area contributed by atoms with Gasteiger partial charge < -0.3 is 59.8 Å². The summed E-state index contributed by atoms with van der Waals surface area (Å²) in [6.45, 7) is -0.951. The lowest BCUT2D eigenvalue weighted by atomic mass is 9.82. The first-order valence-corrected chi connectivity index (χ1v) is 17.0. The van der Waals surface area contributed by atoms with Gasteiger partial charge >= 0.3 is 0 Å². The fraction of sp³-hybridized carbons (Fsp3) is 0.400. The Kier molecular flexibility index (Phi) is 14.2. The zero-order valence-electron chi connectivity index (χ0n) is 30.0. The zero-order chi connectivity index (χ0) is 37.9. The molecule has 0 amide bonds. The van der Waals surface area contributed by atoms with Crippen molar-refractivity contribution in [3.05, 3.63) is 82.9 Å². The van der Waals surface area contributed by atoms with Crippen LogP contribution < -0.4 is 18.9 Å². The van der Waals surface area contributed by atoms with Gasteiger partial charge in [-0.25, -0.2) is 0 Å². The number of phenolic OH excluding ortho intramolecular Hbond substituents is 4. The van der Waals surface area contributed by atoms with Crippen molar-refractivity contribution in [1.82, 2.24) is 0 Å². The van der Waals surface area contributed by atoms with Crippen molar-refractivity contribution in [2.45, 2.75) is 25.7 Å². The molecule has 0 aliphatic heterocycles. The third kappa shape index (κ3) is 9.31. The maximum atomic E-state index is 11.3. The first-order valence-electron chi connectivity index (χ1n) is 17.0.